The van der Waals surface area contributed by atoms with Gasteiger partial charge in [-0.05, 0) is 51.8 Å². The third-order valence-corrected chi connectivity index (χ3v) is 5.20. The molecule has 4 nitrogen and oxygen atoms in total. The number of aliphatic hydroxyl groups excluding tert-OH is 1. The molecule has 0 saturated carbocycles. The molecule has 2 rings (SSSR count). The molecule has 2 aromatic rings. The van der Waals surface area contributed by atoms with Gasteiger partial charge in [-0.25, -0.2) is 8.42 Å². The van der Waals surface area contributed by atoms with Crippen molar-refractivity contribution in [1.29, 1.82) is 0 Å². The molecule has 2 N–H and O–H groups in total. The predicted octanol–water partition coefficient (Wildman–Crippen LogP) is 3.40. The van der Waals surface area contributed by atoms with Crippen LogP contribution < -0.4 is 4.72 Å². The molecule has 2 aromatic carbocycles. The van der Waals surface area contributed by atoms with Gasteiger partial charge >= 0.3 is 0 Å². The number of benzene rings is 2. The van der Waals surface area contributed by atoms with Gasteiger partial charge in [0.15, 0.2) is 0 Å². The number of nitrogens with one attached hydrogen (secondary N) is 1. The largest absolute Gasteiger partial charge is 0.392 e. The Hall–Kier alpha value is -1.08. The van der Waals surface area contributed by atoms with Gasteiger partial charge in [-0.3, -0.25) is 4.72 Å². The number of hydrogen-bond donors (Lipinski definition) is 2. The second-order valence-electron chi connectivity index (χ2n) is 4.04. The summed E-state index contributed by atoms with van der Waals surface area (Å²) in [7, 11) is -3.66. The van der Waals surface area contributed by atoms with Crippen molar-refractivity contribution in [2.75, 3.05) is 4.72 Å². The average molecular weight is 377 g/mol. The van der Waals surface area contributed by atoms with E-state index >= 15 is 0 Å². The fraction of sp³-hybridized carbons (Fsp3) is 0.0769. The second-order valence-corrected chi connectivity index (χ2v) is 6.98. The minimum atomic E-state index is -3.66. The van der Waals surface area contributed by atoms with Crippen molar-refractivity contribution >= 4 is 43.2 Å². The molecule has 0 fully saturated rings. The van der Waals surface area contributed by atoms with Gasteiger partial charge in [0.25, 0.3) is 10.0 Å². The first-order chi connectivity index (χ1) is 9.42. The molecule has 0 aliphatic heterocycles. The van der Waals surface area contributed by atoms with Crippen LogP contribution in [0.25, 0.3) is 0 Å². The van der Waals surface area contributed by atoms with Crippen LogP contribution in [0.5, 0.6) is 0 Å². The highest BCUT2D eigenvalue weighted by Crippen LogP contribution is 2.27. The summed E-state index contributed by atoms with van der Waals surface area (Å²) in [6.45, 7) is -0.127. The molecule has 0 bridgehead atoms. The van der Waals surface area contributed by atoms with Gasteiger partial charge in [-0.15, -0.1) is 0 Å². The predicted molar refractivity (Wildman–Crippen MR) is 82.3 cm³/mol. The topological polar surface area (TPSA) is 66.4 Å². The van der Waals surface area contributed by atoms with Gasteiger partial charge in [-0.2, -0.15) is 0 Å². The highest BCUT2D eigenvalue weighted by atomic mass is 79.9. The Morgan fingerprint density at radius 1 is 1.15 bits per heavy atom. The van der Waals surface area contributed by atoms with Gasteiger partial charge in [0.1, 0.15) is 0 Å². The first kappa shape index (κ1) is 15.3. The zero-order chi connectivity index (χ0) is 14.8. The highest BCUT2D eigenvalue weighted by molar-refractivity contribution is 9.10. The molecule has 0 spiro atoms. The van der Waals surface area contributed by atoms with Crippen LogP contribution in [0.1, 0.15) is 5.56 Å². The maximum atomic E-state index is 12.2. The summed E-state index contributed by atoms with van der Waals surface area (Å²) >= 11 is 9.09. The lowest BCUT2D eigenvalue weighted by Gasteiger charge is -2.09. The monoisotopic (exact) mass is 375 g/mol. The Bertz CT molecular complexity index is 717. The quantitative estimate of drug-likeness (QED) is 0.859. The zero-order valence-corrected chi connectivity index (χ0v) is 13.3. The summed E-state index contributed by atoms with van der Waals surface area (Å²) in [5.74, 6) is 0. The molecule has 20 heavy (non-hydrogen) atoms. The number of aliphatic hydroxyl groups is 1. The van der Waals surface area contributed by atoms with Gasteiger partial charge in [0, 0.05) is 4.47 Å². The van der Waals surface area contributed by atoms with Crippen molar-refractivity contribution in [2.45, 2.75) is 11.5 Å². The Kier molecular flexibility index (Phi) is 4.70. The normalized spacial score (nSPS) is 11.3. The van der Waals surface area contributed by atoms with Crippen molar-refractivity contribution in [3.05, 3.63) is 57.5 Å². The molecule has 0 saturated heterocycles. The van der Waals surface area contributed by atoms with E-state index in [-0.39, 0.29) is 11.5 Å². The van der Waals surface area contributed by atoms with Crippen LogP contribution in [-0.4, -0.2) is 13.5 Å². The number of halogens is 2. The Morgan fingerprint density at radius 3 is 2.35 bits per heavy atom. The van der Waals surface area contributed by atoms with Gasteiger partial charge in [-0.1, -0.05) is 23.7 Å². The molecular formula is C13H11BrClNO3S. The van der Waals surface area contributed by atoms with E-state index in [2.05, 4.69) is 20.7 Å². The molecule has 0 radical (unpaired) electrons. The van der Waals surface area contributed by atoms with Crippen LogP contribution in [0, 0.1) is 0 Å². The maximum absolute atomic E-state index is 12.2. The first-order valence-corrected chi connectivity index (χ1v) is 8.25. The Balaban J connectivity index is 2.27. The van der Waals surface area contributed by atoms with E-state index < -0.39 is 10.0 Å². The molecule has 0 aromatic heterocycles. The molecule has 7 heteroatoms. The van der Waals surface area contributed by atoms with Crippen molar-refractivity contribution < 1.29 is 13.5 Å². The van der Waals surface area contributed by atoms with Crippen molar-refractivity contribution in [1.82, 2.24) is 0 Å². The van der Waals surface area contributed by atoms with E-state index in [1.54, 1.807) is 30.3 Å². The average Bonchev–Trinajstić information content (AvgIpc) is 2.43. The zero-order valence-electron chi connectivity index (χ0n) is 10.2. The minimum absolute atomic E-state index is 0.126. The van der Waals surface area contributed by atoms with Gasteiger partial charge in [0.2, 0.25) is 0 Å². The number of anilines is 1. The molecule has 0 atom stereocenters. The lowest BCUT2D eigenvalue weighted by atomic mass is 10.2. The third-order valence-electron chi connectivity index (χ3n) is 2.59. The van der Waals surface area contributed by atoms with Crippen LogP contribution in [-0.2, 0) is 16.6 Å². The highest BCUT2D eigenvalue weighted by Gasteiger charge is 2.14. The van der Waals surface area contributed by atoms with Crippen LogP contribution in [0.15, 0.2) is 51.8 Å². The van der Waals surface area contributed by atoms with Crippen molar-refractivity contribution in [2.24, 2.45) is 0 Å². The van der Waals surface area contributed by atoms with Crippen LogP contribution in [0.2, 0.25) is 5.02 Å². The molecule has 0 amide bonds. The van der Waals surface area contributed by atoms with Crippen LogP contribution >= 0.6 is 27.5 Å². The van der Waals surface area contributed by atoms with E-state index in [4.69, 9.17) is 16.7 Å². The fourth-order valence-electron chi connectivity index (χ4n) is 1.55. The SMILES string of the molecule is O=S(=O)(Nc1ccc(Cl)c(Br)c1)c1ccc(CO)cc1. The Morgan fingerprint density at radius 2 is 1.80 bits per heavy atom. The fourth-order valence-corrected chi connectivity index (χ4v) is 3.09. The summed E-state index contributed by atoms with van der Waals surface area (Å²) in [5, 5.41) is 9.44. The Labute approximate surface area is 130 Å². The molecule has 0 unspecified atom stereocenters. The minimum Gasteiger partial charge on any atom is -0.392 e. The first-order valence-electron chi connectivity index (χ1n) is 5.60. The van der Waals surface area contributed by atoms with E-state index in [1.807, 2.05) is 0 Å². The summed E-state index contributed by atoms with van der Waals surface area (Å²) in [4.78, 5) is 0.126. The van der Waals surface area contributed by atoms with Crippen molar-refractivity contribution in [3.63, 3.8) is 0 Å². The smallest absolute Gasteiger partial charge is 0.261 e. The summed E-state index contributed by atoms with van der Waals surface area (Å²) < 4.78 is 27.4. The third kappa shape index (κ3) is 3.52. The summed E-state index contributed by atoms with van der Waals surface area (Å²) in [6, 6.07) is 10.8. The maximum Gasteiger partial charge on any atom is 0.261 e. The molecule has 0 aliphatic carbocycles. The molecule has 106 valence electrons. The van der Waals surface area contributed by atoms with E-state index in [0.29, 0.717) is 20.7 Å². The number of sulfonamides is 1. The van der Waals surface area contributed by atoms with E-state index in [1.165, 1.54) is 12.1 Å². The van der Waals surface area contributed by atoms with Crippen LogP contribution in [0.3, 0.4) is 0 Å². The molecular weight excluding hydrogens is 366 g/mol. The number of rotatable bonds is 4. The summed E-state index contributed by atoms with van der Waals surface area (Å²) in [5.41, 5.74) is 1.06. The lowest BCUT2D eigenvalue weighted by Crippen LogP contribution is -2.12. The van der Waals surface area contributed by atoms with Crippen molar-refractivity contribution in [3.8, 4) is 0 Å². The molecule has 0 heterocycles. The number of hydrogen-bond acceptors (Lipinski definition) is 3. The lowest BCUT2D eigenvalue weighted by molar-refractivity contribution is 0.282. The summed E-state index contributed by atoms with van der Waals surface area (Å²) in [6.07, 6.45) is 0. The standard InChI is InChI=1S/C13H11BrClNO3S/c14-12-7-10(3-6-13(12)15)16-20(18,19)11-4-1-9(8-17)2-5-11/h1-7,16-17H,8H2. The second kappa shape index (κ2) is 6.13. The van der Waals surface area contributed by atoms with Gasteiger partial charge in [0.05, 0.1) is 22.2 Å². The molecule has 0 aliphatic rings. The van der Waals surface area contributed by atoms with Crippen LogP contribution in [0.4, 0.5) is 5.69 Å². The van der Waals surface area contributed by atoms with Gasteiger partial charge < -0.3 is 5.11 Å². The van der Waals surface area contributed by atoms with E-state index in [9.17, 15) is 8.42 Å². The van der Waals surface area contributed by atoms with E-state index in [0.717, 1.165) is 0 Å².